The molecule has 1 atom stereocenters. The maximum Gasteiger partial charge on any atom is 0.274 e. The number of rotatable bonds is 15. The molecule has 2 heterocycles. The zero-order valence-corrected chi connectivity index (χ0v) is 32.1. The summed E-state index contributed by atoms with van der Waals surface area (Å²) in [5.41, 5.74) is 6.21. The van der Waals surface area contributed by atoms with Crippen molar-refractivity contribution in [2.75, 3.05) is 24.7 Å². The number of aryl methyl sites for hydroxylation is 2. The van der Waals surface area contributed by atoms with Crippen molar-refractivity contribution in [2.45, 2.75) is 72.4 Å². The Labute approximate surface area is 315 Å². The van der Waals surface area contributed by atoms with Crippen LogP contribution in [0.15, 0.2) is 97.1 Å². The quantitative estimate of drug-likeness (QED) is 0.110. The Kier molecular flexibility index (Phi) is 12.4. The smallest absolute Gasteiger partial charge is 0.274 e. The normalized spacial score (nSPS) is 13.8. The molecule has 0 fully saturated rings. The number of aromatic nitrogens is 2. The van der Waals surface area contributed by atoms with Crippen LogP contribution in [0, 0.1) is 13.8 Å². The summed E-state index contributed by atoms with van der Waals surface area (Å²) in [5, 5.41) is 16.4. The van der Waals surface area contributed by atoms with Crippen molar-refractivity contribution < 1.29 is 19.4 Å². The fourth-order valence-corrected chi connectivity index (χ4v) is 7.44. The Bertz CT molecular complexity index is 2020. The fraction of sp³-hybridized carbons (Fsp3) is 0.326. The van der Waals surface area contributed by atoms with Crippen molar-refractivity contribution in [1.29, 1.82) is 0 Å². The molecule has 0 aliphatic carbocycles. The van der Waals surface area contributed by atoms with Crippen molar-refractivity contribution in [2.24, 2.45) is 0 Å². The summed E-state index contributed by atoms with van der Waals surface area (Å²) in [4.78, 5) is 35.6. The molecule has 0 bridgehead atoms. The highest BCUT2D eigenvalue weighted by molar-refractivity contribution is 6.56. The van der Waals surface area contributed by atoms with Crippen LogP contribution in [0.2, 0.25) is 0 Å². The fourth-order valence-electron chi connectivity index (χ4n) is 6.66. The summed E-state index contributed by atoms with van der Waals surface area (Å²) < 4.78 is 7.80. The molecule has 0 spiro atoms. The van der Waals surface area contributed by atoms with Crippen LogP contribution >= 0.6 is 0 Å². The van der Waals surface area contributed by atoms with E-state index in [1.807, 2.05) is 110 Å². The molecule has 2 radical (unpaired) electrons. The number of carbonyl (C=O) groups is 2. The number of unbranched alkanes of at least 4 members (excludes halogenated alkanes) is 2. The summed E-state index contributed by atoms with van der Waals surface area (Å²) in [7, 11) is 0.226. The van der Waals surface area contributed by atoms with Crippen LogP contribution in [-0.4, -0.2) is 71.9 Å². The van der Waals surface area contributed by atoms with E-state index in [9.17, 15) is 14.7 Å². The number of fused-ring (bicyclic) bond motifs is 1. The number of nitrogens with one attached hydrogen (secondary N) is 1. The number of hydrogen-bond acceptors (Lipinski definition) is 6. The molecule has 1 aliphatic heterocycles. The molecule has 53 heavy (non-hydrogen) atoms. The molecule has 10 heteroatoms. The van der Waals surface area contributed by atoms with Crippen molar-refractivity contribution in [3.63, 3.8) is 0 Å². The highest BCUT2D eigenvalue weighted by Crippen LogP contribution is 2.29. The first-order valence-electron chi connectivity index (χ1n) is 18.6. The molecule has 0 saturated carbocycles. The molecule has 9 nitrogen and oxygen atoms in total. The SMILES string of the molecule is CCCCN(CCCC)C(=O)c1cc(C)n(-c2ccc(N[Si]c3ccc(Oc4ccccc4C)cc3)cc2C(=O)N2Cc3ccccc3C[C@H]2CO)n1. The number of benzene rings is 4. The van der Waals surface area contributed by atoms with Gasteiger partial charge in [-0.25, -0.2) is 4.68 Å². The van der Waals surface area contributed by atoms with E-state index in [0.29, 0.717) is 43.0 Å². The molecular weight excluding hydrogens is 679 g/mol. The molecule has 2 N–H and O–H groups in total. The van der Waals surface area contributed by atoms with Crippen molar-refractivity contribution in [3.05, 3.63) is 131 Å². The van der Waals surface area contributed by atoms with Gasteiger partial charge in [-0.15, -0.1) is 0 Å². The maximum absolute atomic E-state index is 14.7. The second-order valence-corrected chi connectivity index (χ2v) is 14.8. The predicted octanol–water partition coefficient (Wildman–Crippen LogP) is 7.24. The molecular formula is C43H49N5O4Si. The lowest BCUT2D eigenvalue weighted by atomic mass is 9.93. The van der Waals surface area contributed by atoms with E-state index in [-0.39, 0.29) is 34.1 Å². The second kappa shape index (κ2) is 17.6. The van der Waals surface area contributed by atoms with Gasteiger partial charge < -0.3 is 24.6 Å². The third kappa shape index (κ3) is 8.89. The lowest BCUT2D eigenvalue weighted by Crippen LogP contribution is -2.46. The minimum Gasteiger partial charge on any atom is -0.457 e. The van der Waals surface area contributed by atoms with Gasteiger partial charge in [0.25, 0.3) is 11.8 Å². The summed E-state index contributed by atoms with van der Waals surface area (Å²) in [6.07, 6.45) is 4.43. The molecule has 2 amide bonds. The summed E-state index contributed by atoms with van der Waals surface area (Å²) in [5.74, 6) is 1.30. The van der Waals surface area contributed by atoms with Gasteiger partial charge in [0.1, 0.15) is 11.5 Å². The van der Waals surface area contributed by atoms with E-state index < -0.39 is 0 Å². The number of carbonyl (C=O) groups excluding carboxylic acids is 2. The standard InChI is InChI=1S/C43H49N5O4Si/c1-5-7-23-46(24-8-6-2)43(51)39-25-31(4)48(44-39)40-22-17-34(45-53-37-20-18-36(19-21-37)52-41-16-12-9-13-30(41)3)27-38(40)42(50)47-28-33-15-11-10-14-32(33)26-35(47)29-49/h9-22,25,27,35,45,49H,5-8,23-24,26,28-29H2,1-4H3/t35-/m0/s1. The number of amides is 2. The largest absolute Gasteiger partial charge is 0.457 e. The minimum absolute atomic E-state index is 0.0931. The zero-order valence-electron chi connectivity index (χ0n) is 31.1. The summed E-state index contributed by atoms with van der Waals surface area (Å²) in [6.45, 7) is 9.80. The molecule has 0 saturated heterocycles. The van der Waals surface area contributed by atoms with Gasteiger partial charge in [-0.2, -0.15) is 5.10 Å². The van der Waals surface area contributed by atoms with Gasteiger partial charge in [-0.3, -0.25) is 9.59 Å². The highest BCUT2D eigenvalue weighted by atomic mass is 28.2. The van der Waals surface area contributed by atoms with Gasteiger partial charge in [0, 0.05) is 31.0 Å². The van der Waals surface area contributed by atoms with E-state index in [1.165, 1.54) is 0 Å². The predicted molar refractivity (Wildman–Crippen MR) is 212 cm³/mol. The average molecular weight is 728 g/mol. The number of aliphatic hydroxyl groups is 1. The van der Waals surface area contributed by atoms with Crippen LogP contribution in [0.25, 0.3) is 5.69 Å². The molecule has 1 aromatic heterocycles. The number of nitrogens with zero attached hydrogens (tertiary/aromatic N) is 4. The Morgan fingerprint density at radius 2 is 1.60 bits per heavy atom. The third-order valence-corrected chi connectivity index (χ3v) is 10.8. The molecule has 4 aromatic carbocycles. The summed E-state index contributed by atoms with van der Waals surface area (Å²) >= 11 is 0. The van der Waals surface area contributed by atoms with E-state index in [1.54, 1.807) is 9.58 Å². The van der Waals surface area contributed by atoms with Crippen LogP contribution in [0.3, 0.4) is 0 Å². The Morgan fingerprint density at radius 3 is 2.30 bits per heavy atom. The van der Waals surface area contributed by atoms with Crippen LogP contribution in [-0.2, 0) is 13.0 Å². The Morgan fingerprint density at radius 1 is 0.906 bits per heavy atom. The van der Waals surface area contributed by atoms with Gasteiger partial charge in [0.2, 0.25) is 9.68 Å². The van der Waals surface area contributed by atoms with Gasteiger partial charge >= 0.3 is 0 Å². The van der Waals surface area contributed by atoms with Crippen molar-refractivity contribution in [1.82, 2.24) is 19.6 Å². The van der Waals surface area contributed by atoms with E-state index in [4.69, 9.17) is 9.84 Å². The Balaban J connectivity index is 1.29. The first-order valence-corrected chi connectivity index (χ1v) is 19.6. The number of anilines is 1. The third-order valence-electron chi connectivity index (χ3n) is 9.77. The van der Waals surface area contributed by atoms with Gasteiger partial charge in [0.05, 0.1) is 23.9 Å². The molecule has 0 unspecified atom stereocenters. The highest BCUT2D eigenvalue weighted by Gasteiger charge is 2.32. The van der Waals surface area contributed by atoms with E-state index in [2.05, 4.69) is 24.9 Å². The van der Waals surface area contributed by atoms with Crippen molar-refractivity contribution in [3.8, 4) is 17.2 Å². The maximum atomic E-state index is 14.7. The first-order chi connectivity index (χ1) is 25.8. The lowest BCUT2D eigenvalue weighted by Gasteiger charge is -2.36. The van der Waals surface area contributed by atoms with Crippen LogP contribution < -0.4 is 14.9 Å². The Hall–Kier alpha value is -5.19. The van der Waals surface area contributed by atoms with E-state index >= 15 is 0 Å². The molecule has 274 valence electrons. The summed E-state index contributed by atoms with van der Waals surface area (Å²) in [6, 6.07) is 31.2. The number of ether oxygens (including phenoxy) is 1. The number of hydrogen-bond donors (Lipinski definition) is 2. The van der Waals surface area contributed by atoms with Gasteiger partial charge in [-0.1, -0.05) is 81.3 Å². The van der Waals surface area contributed by atoms with Crippen LogP contribution in [0.5, 0.6) is 11.5 Å². The average Bonchev–Trinajstić information content (AvgIpc) is 3.58. The van der Waals surface area contributed by atoms with Gasteiger partial charge in [-0.05, 0) is 97.5 Å². The second-order valence-electron chi connectivity index (χ2n) is 13.7. The van der Waals surface area contributed by atoms with Gasteiger partial charge in [0.15, 0.2) is 5.69 Å². The molecule has 1 aliphatic rings. The van der Waals surface area contributed by atoms with Crippen LogP contribution in [0.4, 0.5) is 5.69 Å². The first kappa shape index (κ1) is 37.6. The van der Waals surface area contributed by atoms with Crippen molar-refractivity contribution >= 4 is 32.4 Å². The molecule has 6 rings (SSSR count). The lowest BCUT2D eigenvalue weighted by molar-refractivity contribution is 0.0544. The number of para-hydroxylation sites is 1. The van der Waals surface area contributed by atoms with E-state index in [0.717, 1.165) is 70.4 Å². The number of aliphatic hydroxyl groups excluding tert-OH is 1. The topological polar surface area (TPSA) is 99.9 Å². The monoisotopic (exact) mass is 727 g/mol. The minimum atomic E-state index is -0.370. The van der Waals surface area contributed by atoms with Crippen LogP contribution in [0.1, 0.15) is 82.8 Å². The zero-order chi connectivity index (χ0) is 37.3. The molecule has 5 aromatic rings.